The van der Waals surface area contributed by atoms with Crippen LogP contribution in [0.25, 0.3) is 0 Å². The molecule has 6 nitrogen and oxygen atoms in total. The number of benzene rings is 2. The Kier molecular flexibility index (Phi) is 7.55. The third kappa shape index (κ3) is 6.26. The third-order valence-corrected chi connectivity index (χ3v) is 3.98. The van der Waals surface area contributed by atoms with Crippen molar-refractivity contribution in [2.45, 2.75) is 20.3 Å². The Hall–Kier alpha value is -3.15. The van der Waals surface area contributed by atoms with Gasteiger partial charge in [-0.15, -0.1) is 0 Å². The van der Waals surface area contributed by atoms with Crippen LogP contribution in [0.5, 0.6) is 5.75 Å². The lowest BCUT2D eigenvalue weighted by molar-refractivity contribution is -0.136. The molecule has 0 unspecified atom stereocenters. The van der Waals surface area contributed by atoms with Crippen LogP contribution in [0.3, 0.4) is 0 Å². The number of aryl methyl sites for hydroxylation is 1. The van der Waals surface area contributed by atoms with Crippen molar-refractivity contribution in [2.24, 2.45) is 0 Å². The highest BCUT2D eigenvalue weighted by molar-refractivity contribution is 5.95. The number of para-hydroxylation sites is 1. The maximum absolute atomic E-state index is 12.4. The van der Waals surface area contributed by atoms with E-state index >= 15 is 0 Å². The van der Waals surface area contributed by atoms with Crippen LogP contribution in [0.1, 0.15) is 29.3 Å². The monoisotopic (exact) mass is 368 g/mol. The first-order valence-corrected chi connectivity index (χ1v) is 8.84. The van der Waals surface area contributed by atoms with Gasteiger partial charge in [-0.3, -0.25) is 14.4 Å². The van der Waals surface area contributed by atoms with Crippen LogP contribution in [0.15, 0.2) is 48.5 Å². The van der Waals surface area contributed by atoms with E-state index in [1.807, 2.05) is 38.1 Å². The normalized spacial score (nSPS) is 10.1. The standard InChI is InChI=1S/C21H24N2O4/c1-3-12-23(13-20(25)22-19-7-5-4-6-16(19)2)21(26)15-27-18-10-8-17(14-24)9-11-18/h4-11,14H,3,12-13,15H2,1-2H3,(H,22,25). The molecular weight excluding hydrogens is 344 g/mol. The Morgan fingerprint density at radius 2 is 1.81 bits per heavy atom. The van der Waals surface area contributed by atoms with Gasteiger partial charge in [0.2, 0.25) is 5.91 Å². The lowest BCUT2D eigenvalue weighted by Crippen LogP contribution is -2.41. The molecule has 1 N–H and O–H groups in total. The van der Waals surface area contributed by atoms with Gasteiger partial charge in [0.1, 0.15) is 12.0 Å². The van der Waals surface area contributed by atoms with Gasteiger partial charge in [0.15, 0.2) is 6.61 Å². The topological polar surface area (TPSA) is 75.7 Å². The van der Waals surface area contributed by atoms with E-state index in [-0.39, 0.29) is 25.0 Å². The van der Waals surface area contributed by atoms with Gasteiger partial charge in [-0.25, -0.2) is 0 Å². The fourth-order valence-electron chi connectivity index (χ4n) is 2.52. The number of hydrogen-bond donors (Lipinski definition) is 1. The molecular formula is C21H24N2O4. The molecule has 142 valence electrons. The van der Waals surface area contributed by atoms with Gasteiger partial charge < -0.3 is 15.0 Å². The fraction of sp³-hybridized carbons (Fsp3) is 0.286. The summed E-state index contributed by atoms with van der Waals surface area (Å²) in [5.41, 5.74) is 2.23. The lowest BCUT2D eigenvalue weighted by atomic mass is 10.2. The molecule has 0 saturated heterocycles. The van der Waals surface area contributed by atoms with Crippen LogP contribution < -0.4 is 10.1 Å². The molecule has 0 fully saturated rings. The molecule has 0 spiro atoms. The first-order chi connectivity index (χ1) is 13.0. The zero-order valence-electron chi connectivity index (χ0n) is 15.6. The van der Waals surface area contributed by atoms with Gasteiger partial charge in [0.25, 0.3) is 5.91 Å². The van der Waals surface area contributed by atoms with Gasteiger partial charge >= 0.3 is 0 Å². The van der Waals surface area contributed by atoms with Gasteiger partial charge in [-0.1, -0.05) is 25.1 Å². The van der Waals surface area contributed by atoms with Gasteiger partial charge in [-0.05, 0) is 49.2 Å². The number of carbonyl (C=O) groups excluding carboxylic acids is 3. The van der Waals surface area contributed by atoms with Crippen molar-refractivity contribution in [3.8, 4) is 5.75 Å². The van der Waals surface area contributed by atoms with E-state index < -0.39 is 0 Å². The van der Waals surface area contributed by atoms with Crippen molar-refractivity contribution in [1.29, 1.82) is 0 Å². The van der Waals surface area contributed by atoms with Crippen LogP contribution in [-0.4, -0.2) is 42.7 Å². The van der Waals surface area contributed by atoms with E-state index in [0.29, 0.717) is 17.9 Å². The summed E-state index contributed by atoms with van der Waals surface area (Å²) in [6.45, 7) is 4.12. The lowest BCUT2D eigenvalue weighted by Gasteiger charge is -2.22. The van der Waals surface area contributed by atoms with Crippen molar-refractivity contribution in [3.05, 3.63) is 59.7 Å². The Morgan fingerprint density at radius 3 is 2.44 bits per heavy atom. The first-order valence-electron chi connectivity index (χ1n) is 8.84. The molecule has 0 aliphatic rings. The second-order valence-corrected chi connectivity index (χ2v) is 6.15. The molecule has 2 rings (SSSR count). The summed E-state index contributed by atoms with van der Waals surface area (Å²) in [4.78, 5) is 36.9. The summed E-state index contributed by atoms with van der Waals surface area (Å²) in [7, 11) is 0. The highest BCUT2D eigenvalue weighted by Gasteiger charge is 2.17. The van der Waals surface area contributed by atoms with Crippen LogP contribution in [0.2, 0.25) is 0 Å². The maximum atomic E-state index is 12.4. The summed E-state index contributed by atoms with van der Waals surface area (Å²) < 4.78 is 5.47. The number of rotatable bonds is 9. The third-order valence-electron chi connectivity index (χ3n) is 3.98. The zero-order valence-corrected chi connectivity index (χ0v) is 15.6. The number of amides is 2. The molecule has 2 amide bonds. The second-order valence-electron chi connectivity index (χ2n) is 6.15. The minimum atomic E-state index is -0.267. The average Bonchev–Trinajstić information content (AvgIpc) is 2.68. The number of nitrogens with one attached hydrogen (secondary N) is 1. The smallest absolute Gasteiger partial charge is 0.260 e. The predicted octanol–water partition coefficient (Wildman–Crippen LogP) is 3.06. The van der Waals surface area contributed by atoms with E-state index in [4.69, 9.17) is 4.74 Å². The van der Waals surface area contributed by atoms with Crippen molar-refractivity contribution >= 4 is 23.8 Å². The van der Waals surface area contributed by atoms with E-state index in [2.05, 4.69) is 5.32 Å². The van der Waals surface area contributed by atoms with Crippen molar-refractivity contribution in [3.63, 3.8) is 0 Å². The summed E-state index contributed by atoms with van der Waals surface area (Å²) >= 11 is 0. The van der Waals surface area contributed by atoms with Crippen LogP contribution >= 0.6 is 0 Å². The second kappa shape index (κ2) is 10.1. The van der Waals surface area contributed by atoms with Crippen molar-refractivity contribution < 1.29 is 19.1 Å². The molecule has 27 heavy (non-hydrogen) atoms. The summed E-state index contributed by atoms with van der Waals surface area (Å²) in [5, 5.41) is 2.83. The number of nitrogens with zero attached hydrogens (tertiary/aromatic N) is 1. The number of hydrogen-bond acceptors (Lipinski definition) is 4. The molecule has 0 aliphatic heterocycles. The molecule has 0 atom stereocenters. The molecule has 0 aliphatic carbocycles. The summed E-state index contributed by atoms with van der Waals surface area (Å²) in [6.07, 6.45) is 1.47. The molecule has 2 aromatic carbocycles. The molecule has 2 aromatic rings. The molecule has 0 aromatic heterocycles. The molecule has 0 radical (unpaired) electrons. The molecule has 6 heteroatoms. The van der Waals surface area contributed by atoms with E-state index in [9.17, 15) is 14.4 Å². The minimum absolute atomic E-state index is 0.0333. The molecule has 0 bridgehead atoms. The van der Waals surface area contributed by atoms with E-state index in [0.717, 1.165) is 24.0 Å². The minimum Gasteiger partial charge on any atom is -0.484 e. The number of ether oxygens (including phenoxy) is 1. The van der Waals surface area contributed by atoms with Crippen molar-refractivity contribution in [1.82, 2.24) is 4.90 Å². The zero-order chi connectivity index (χ0) is 19.6. The maximum Gasteiger partial charge on any atom is 0.260 e. The number of aldehydes is 1. The Balaban J connectivity index is 1.92. The van der Waals surface area contributed by atoms with Gasteiger partial charge in [0.05, 0.1) is 6.54 Å². The Labute approximate surface area is 159 Å². The van der Waals surface area contributed by atoms with Gasteiger partial charge in [-0.2, -0.15) is 0 Å². The van der Waals surface area contributed by atoms with E-state index in [1.54, 1.807) is 24.3 Å². The van der Waals surface area contributed by atoms with E-state index in [1.165, 1.54) is 4.90 Å². The largest absolute Gasteiger partial charge is 0.484 e. The average molecular weight is 368 g/mol. The Morgan fingerprint density at radius 1 is 1.11 bits per heavy atom. The predicted molar refractivity (Wildman–Crippen MR) is 104 cm³/mol. The SMILES string of the molecule is CCCN(CC(=O)Nc1ccccc1C)C(=O)COc1ccc(C=O)cc1. The number of carbonyl (C=O) groups is 3. The van der Waals surface area contributed by atoms with Crippen LogP contribution in [0.4, 0.5) is 5.69 Å². The first kappa shape index (κ1) is 20.2. The molecule has 0 heterocycles. The quantitative estimate of drug-likeness (QED) is 0.690. The van der Waals surface area contributed by atoms with Crippen molar-refractivity contribution in [2.75, 3.05) is 25.0 Å². The summed E-state index contributed by atoms with van der Waals surface area (Å²) in [5.74, 6) is -0.0209. The Bertz CT molecular complexity index is 787. The summed E-state index contributed by atoms with van der Waals surface area (Å²) in [6, 6.07) is 14.0. The number of anilines is 1. The highest BCUT2D eigenvalue weighted by atomic mass is 16.5. The molecule has 0 saturated carbocycles. The highest BCUT2D eigenvalue weighted by Crippen LogP contribution is 2.13. The van der Waals surface area contributed by atoms with Crippen LogP contribution in [-0.2, 0) is 9.59 Å². The fourth-order valence-corrected chi connectivity index (χ4v) is 2.52. The van der Waals surface area contributed by atoms with Crippen LogP contribution in [0, 0.1) is 6.92 Å². The van der Waals surface area contributed by atoms with Gasteiger partial charge in [0, 0.05) is 17.8 Å².